The predicted molar refractivity (Wildman–Crippen MR) is 75.3 cm³/mol. The summed E-state index contributed by atoms with van der Waals surface area (Å²) in [5.74, 6) is 0.959. The lowest BCUT2D eigenvalue weighted by Gasteiger charge is -2.36. The first-order valence-corrected chi connectivity index (χ1v) is 7.65. The molecule has 1 aromatic heterocycles. The van der Waals surface area contributed by atoms with E-state index in [2.05, 4.69) is 15.4 Å². The van der Waals surface area contributed by atoms with Gasteiger partial charge in [-0.2, -0.15) is 0 Å². The van der Waals surface area contributed by atoms with Crippen molar-refractivity contribution in [3.63, 3.8) is 0 Å². The lowest BCUT2D eigenvalue weighted by atomic mass is 9.93. The van der Waals surface area contributed by atoms with Gasteiger partial charge in [0.05, 0.1) is 12.2 Å². The van der Waals surface area contributed by atoms with Gasteiger partial charge in [-0.1, -0.05) is 5.16 Å². The van der Waals surface area contributed by atoms with E-state index in [-0.39, 0.29) is 18.4 Å². The average Bonchev–Trinajstić information content (AvgIpc) is 3.23. The number of nitrogens with one attached hydrogen (secondary N) is 1. The standard InChI is InChI=1S/C15H22FN3O2/c1-11-8-13(18-21-11)9-19-6-4-15(16,5-7-19)10-17-14(20)12-2-3-12/h8,12H,2-7,9-10H2,1H3,(H,17,20). The number of likely N-dealkylation sites (tertiary alicyclic amines) is 1. The number of aromatic nitrogens is 1. The molecule has 21 heavy (non-hydrogen) atoms. The second kappa shape index (κ2) is 5.75. The molecule has 1 aliphatic heterocycles. The molecule has 2 heterocycles. The molecule has 0 aromatic carbocycles. The van der Waals surface area contributed by atoms with Crippen molar-refractivity contribution >= 4 is 5.91 Å². The Kier molecular flexibility index (Phi) is 3.97. The summed E-state index contributed by atoms with van der Waals surface area (Å²) < 4.78 is 19.7. The molecule has 1 saturated carbocycles. The number of carbonyl (C=O) groups is 1. The second-order valence-corrected chi connectivity index (χ2v) is 6.35. The molecule has 0 radical (unpaired) electrons. The number of piperidine rings is 1. The highest BCUT2D eigenvalue weighted by Gasteiger charge is 2.37. The van der Waals surface area contributed by atoms with Crippen LogP contribution < -0.4 is 5.32 Å². The number of alkyl halides is 1. The van der Waals surface area contributed by atoms with E-state index in [1.807, 2.05) is 13.0 Å². The number of nitrogens with zero attached hydrogens (tertiary/aromatic N) is 2. The minimum absolute atomic E-state index is 0.0209. The van der Waals surface area contributed by atoms with Crippen molar-refractivity contribution < 1.29 is 13.7 Å². The zero-order valence-corrected chi connectivity index (χ0v) is 12.4. The average molecular weight is 295 g/mol. The highest BCUT2D eigenvalue weighted by molar-refractivity contribution is 5.80. The maximum atomic E-state index is 14.7. The smallest absolute Gasteiger partial charge is 0.223 e. The van der Waals surface area contributed by atoms with E-state index in [1.54, 1.807) is 0 Å². The molecule has 3 rings (SSSR count). The van der Waals surface area contributed by atoms with Gasteiger partial charge in [0, 0.05) is 31.6 Å². The third-order valence-corrected chi connectivity index (χ3v) is 4.34. The summed E-state index contributed by atoms with van der Waals surface area (Å²) in [6.07, 6.45) is 2.82. The van der Waals surface area contributed by atoms with Crippen molar-refractivity contribution in [2.24, 2.45) is 5.92 Å². The van der Waals surface area contributed by atoms with Crippen LogP contribution in [0.4, 0.5) is 4.39 Å². The van der Waals surface area contributed by atoms with Crippen molar-refractivity contribution in [3.05, 3.63) is 17.5 Å². The summed E-state index contributed by atoms with van der Waals surface area (Å²) in [4.78, 5) is 13.8. The largest absolute Gasteiger partial charge is 0.361 e. The number of aryl methyl sites for hydroxylation is 1. The third kappa shape index (κ3) is 3.81. The van der Waals surface area contributed by atoms with Gasteiger partial charge in [0.2, 0.25) is 5.91 Å². The molecule has 6 heteroatoms. The Morgan fingerprint density at radius 1 is 1.52 bits per heavy atom. The van der Waals surface area contributed by atoms with Crippen molar-refractivity contribution in [1.82, 2.24) is 15.4 Å². The van der Waals surface area contributed by atoms with Crippen LogP contribution in [0.15, 0.2) is 10.6 Å². The Morgan fingerprint density at radius 2 is 2.24 bits per heavy atom. The summed E-state index contributed by atoms with van der Waals surface area (Å²) in [5, 5.41) is 6.73. The molecule has 1 aliphatic carbocycles. The molecule has 1 amide bonds. The zero-order valence-electron chi connectivity index (χ0n) is 12.4. The Balaban J connectivity index is 1.43. The Labute approximate surface area is 123 Å². The van der Waals surface area contributed by atoms with Gasteiger partial charge < -0.3 is 9.84 Å². The van der Waals surface area contributed by atoms with Crippen LogP contribution in [0.25, 0.3) is 0 Å². The number of carbonyl (C=O) groups excluding carboxylic acids is 1. The van der Waals surface area contributed by atoms with Crippen molar-refractivity contribution in [3.8, 4) is 0 Å². The fourth-order valence-electron chi connectivity index (χ4n) is 2.75. The molecule has 0 atom stereocenters. The van der Waals surface area contributed by atoms with Crippen LogP contribution in [0.1, 0.15) is 37.1 Å². The number of hydrogen-bond donors (Lipinski definition) is 1. The van der Waals surface area contributed by atoms with Crippen LogP contribution >= 0.6 is 0 Å². The quantitative estimate of drug-likeness (QED) is 0.900. The van der Waals surface area contributed by atoms with Gasteiger partial charge >= 0.3 is 0 Å². The van der Waals surface area contributed by atoms with E-state index in [1.165, 1.54) is 0 Å². The van der Waals surface area contributed by atoms with Crippen LogP contribution in [-0.4, -0.2) is 41.3 Å². The maximum absolute atomic E-state index is 14.7. The molecule has 116 valence electrons. The lowest BCUT2D eigenvalue weighted by Crippen LogP contribution is -2.48. The van der Waals surface area contributed by atoms with Crippen LogP contribution in [0.5, 0.6) is 0 Å². The monoisotopic (exact) mass is 295 g/mol. The van der Waals surface area contributed by atoms with Gasteiger partial charge in [0.25, 0.3) is 0 Å². The molecular formula is C15H22FN3O2. The van der Waals surface area contributed by atoms with Gasteiger partial charge in [-0.3, -0.25) is 9.69 Å². The van der Waals surface area contributed by atoms with Gasteiger partial charge in [-0.05, 0) is 32.6 Å². The van der Waals surface area contributed by atoms with Gasteiger partial charge in [-0.15, -0.1) is 0 Å². The van der Waals surface area contributed by atoms with Gasteiger partial charge in [-0.25, -0.2) is 4.39 Å². The molecule has 1 aromatic rings. The molecule has 0 bridgehead atoms. The van der Waals surface area contributed by atoms with Crippen molar-refractivity contribution in [1.29, 1.82) is 0 Å². The summed E-state index contributed by atoms with van der Waals surface area (Å²) >= 11 is 0. The van der Waals surface area contributed by atoms with Crippen LogP contribution in [0.3, 0.4) is 0 Å². The first-order chi connectivity index (χ1) is 10.0. The predicted octanol–water partition coefficient (Wildman–Crippen LogP) is 1.81. The second-order valence-electron chi connectivity index (χ2n) is 6.35. The van der Waals surface area contributed by atoms with Crippen LogP contribution in [-0.2, 0) is 11.3 Å². The van der Waals surface area contributed by atoms with Gasteiger partial charge in [0.15, 0.2) is 0 Å². The van der Waals surface area contributed by atoms with Crippen LogP contribution in [0.2, 0.25) is 0 Å². The summed E-state index contributed by atoms with van der Waals surface area (Å²) in [7, 11) is 0. The van der Waals surface area contributed by atoms with E-state index < -0.39 is 5.67 Å². The van der Waals surface area contributed by atoms with E-state index in [9.17, 15) is 9.18 Å². The number of hydrogen-bond acceptors (Lipinski definition) is 4. The summed E-state index contributed by atoms with van der Waals surface area (Å²) in [6, 6.07) is 1.91. The van der Waals surface area contributed by atoms with E-state index >= 15 is 0 Å². The highest BCUT2D eigenvalue weighted by Crippen LogP contribution is 2.30. The normalized spacial score (nSPS) is 22.2. The lowest BCUT2D eigenvalue weighted by molar-refractivity contribution is -0.123. The first kappa shape index (κ1) is 14.5. The number of halogens is 1. The fourth-order valence-corrected chi connectivity index (χ4v) is 2.75. The fraction of sp³-hybridized carbons (Fsp3) is 0.733. The molecular weight excluding hydrogens is 273 g/mol. The number of amides is 1. The minimum atomic E-state index is -1.26. The summed E-state index contributed by atoms with van der Waals surface area (Å²) in [5.41, 5.74) is -0.373. The minimum Gasteiger partial charge on any atom is -0.361 e. The molecule has 1 N–H and O–H groups in total. The van der Waals surface area contributed by atoms with Crippen LogP contribution in [0, 0.1) is 12.8 Å². The zero-order chi connectivity index (χ0) is 14.9. The van der Waals surface area contributed by atoms with Crippen molar-refractivity contribution in [2.75, 3.05) is 19.6 Å². The maximum Gasteiger partial charge on any atom is 0.223 e. The van der Waals surface area contributed by atoms with E-state index in [0.717, 1.165) is 24.3 Å². The van der Waals surface area contributed by atoms with Gasteiger partial charge in [0.1, 0.15) is 11.4 Å². The number of rotatable bonds is 5. The highest BCUT2D eigenvalue weighted by atomic mass is 19.1. The molecule has 0 unspecified atom stereocenters. The molecule has 2 fully saturated rings. The Bertz CT molecular complexity index is 505. The molecule has 1 saturated heterocycles. The summed E-state index contributed by atoms with van der Waals surface area (Å²) in [6.45, 7) is 4.08. The van der Waals surface area contributed by atoms with E-state index in [0.29, 0.717) is 32.5 Å². The molecule has 2 aliphatic rings. The third-order valence-electron chi connectivity index (χ3n) is 4.34. The Hall–Kier alpha value is -1.43. The molecule has 5 nitrogen and oxygen atoms in total. The van der Waals surface area contributed by atoms with E-state index in [4.69, 9.17) is 4.52 Å². The SMILES string of the molecule is Cc1cc(CN2CCC(F)(CNC(=O)C3CC3)CC2)no1. The first-order valence-electron chi connectivity index (χ1n) is 7.65. The topological polar surface area (TPSA) is 58.4 Å². The molecule has 0 spiro atoms. The van der Waals surface area contributed by atoms with Crippen molar-refractivity contribution in [2.45, 2.75) is 44.8 Å². The Morgan fingerprint density at radius 3 is 2.81 bits per heavy atom.